The average molecular weight is 506 g/mol. The second-order valence-electron chi connectivity index (χ2n) is 8.29. The van der Waals surface area contributed by atoms with Crippen LogP contribution in [0.25, 0.3) is 11.1 Å². The van der Waals surface area contributed by atoms with Crippen LogP contribution in [0.5, 0.6) is 5.75 Å². The SMILES string of the molecule is CCN(CCCOC(=O)c1cc(-c2ccccc2)c(OC)c(C)c1C(=O)O)C(=O)OCc1ccccc1. The predicted octanol–water partition coefficient (Wildman–Crippen LogP) is 5.57. The summed E-state index contributed by atoms with van der Waals surface area (Å²) in [4.78, 5) is 38.9. The van der Waals surface area contributed by atoms with Crippen LogP contribution < -0.4 is 4.74 Å². The number of benzene rings is 3. The van der Waals surface area contributed by atoms with Crippen LogP contribution in [-0.2, 0) is 16.1 Å². The molecule has 8 heteroatoms. The lowest BCUT2D eigenvalue weighted by atomic mass is 9.93. The first-order chi connectivity index (χ1) is 17.9. The molecule has 0 atom stereocenters. The molecule has 0 aliphatic heterocycles. The number of carboxylic acid groups (broad SMARTS) is 1. The number of hydrogen-bond donors (Lipinski definition) is 1. The molecule has 1 N–H and O–H groups in total. The number of amides is 1. The van der Waals surface area contributed by atoms with Gasteiger partial charge in [-0.3, -0.25) is 0 Å². The molecule has 3 aromatic rings. The van der Waals surface area contributed by atoms with Gasteiger partial charge < -0.3 is 24.2 Å². The molecule has 0 aromatic heterocycles. The van der Waals surface area contributed by atoms with Gasteiger partial charge in [-0.1, -0.05) is 60.7 Å². The molecule has 194 valence electrons. The van der Waals surface area contributed by atoms with E-state index in [0.717, 1.165) is 11.1 Å². The van der Waals surface area contributed by atoms with Crippen molar-refractivity contribution in [2.45, 2.75) is 26.9 Å². The van der Waals surface area contributed by atoms with Crippen LogP contribution in [0.3, 0.4) is 0 Å². The molecule has 8 nitrogen and oxygen atoms in total. The second-order valence-corrected chi connectivity index (χ2v) is 8.29. The van der Waals surface area contributed by atoms with Crippen molar-refractivity contribution in [1.29, 1.82) is 0 Å². The first-order valence-electron chi connectivity index (χ1n) is 12.0. The van der Waals surface area contributed by atoms with Crippen LogP contribution in [0.2, 0.25) is 0 Å². The maximum absolute atomic E-state index is 13.0. The third kappa shape index (κ3) is 6.88. The number of carbonyl (C=O) groups excluding carboxylic acids is 2. The minimum atomic E-state index is -1.25. The lowest BCUT2D eigenvalue weighted by Crippen LogP contribution is -2.33. The van der Waals surface area contributed by atoms with Crippen LogP contribution in [0.4, 0.5) is 4.79 Å². The summed E-state index contributed by atoms with van der Waals surface area (Å²) in [5, 5.41) is 9.83. The first kappa shape index (κ1) is 27.3. The van der Waals surface area contributed by atoms with E-state index in [2.05, 4.69) is 0 Å². The Balaban J connectivity index is 1.67. The molecule has 0 saturated heterocycles. The molecule has 0 unspecified atom stereocenters. The smallest absolute Gasteiger partial charge is 0.410 e. The number of esters is 1. The third-order valence-electron chi connectivity index (χ3n) is 5.89. The minimum absolute atomic E-state index is 0.00606. The lowest BCUT2D eigenvalue weighted by Gasteiger charge is -2.20. The van der Waals surface area contributed by atoms with Crippen molar-refractivity contribution in [3.63, 3.8) is 0 Å². The Morgan fingerprint density at radius 1 is 0.946 bits per heavy atom. The molecule has 0 saturated carbocycles. The second kappa shape index (κ2) is 13.1. The molecule has 0 aliphatic carbocycles. The van der Waals surface area contributed by atoms with Crippen molar-refractivity contribution in [1.82, 2.24) is 4.90 Å². The van der Waals surface area contributed by atoms with Gasteiger partial charge in [0, 0.05) is 24.2 Å². The summed E-state index contributed by atoms with van der Waals surface area (Å²) in [5.41, 5.74) is 2.37. The van der Waals surface area contributed by atoms with Gasteiger partial charge in [-0.15, -0.1) is 0 Å². The van der Waals surface area contributed by atoms with Gasteiger partial charge in [0.1, 0.15) is 12.4 Å². The predicted molar refractivity (Wildman–Crippen MR) is 139 cm³/mol. The molecule has 0 fully saturated rings. The van der Waals surface area contributed by atoms with E-state index in [0.29, 0.717) is 36.4 Å². The normalized spacial score (nSPS) is 10.5. The van der Waals surface area contributed by atoms with Crippen molar-refractivity contribution >= 4 is 18.0 Å². The highest BCUT2D eigenvalue weighted by Gasteiger charge is 2.26. The topological polar surface area (TPSA) is 102 Å². The molecular weight excluding hydrogens is 474 g/mol. The van der Waals surface area contributed by atoms with Crippen molar-refractivity contribution in [2.24, 2.45) is 0 Å². The van der Waals surface area contributed by atoms with Gasteiger partial charge in [0.05, 0.1) is 24.8 Å². The molecular formula is C29H31NO7. The van der Waals surface area contributed by atoms with E-state index in [1.165, 1.54) is 18.1 Å². The number of hydrogen-bond acceptors (Lipinski definition) is 6. The Labute approximate surface area is 216 Å². The summed E-state index contributed by atoms with van der Waals surface area (Å²) < 4.78 is 16.3. The molecule has 0 radical (unpaired) electrons. The van der Waals surface area contributed by atoms with Gasteiger partial charge >= 0.3 is 18.0 Å². The Morgan fingerprint density at radius 3 is 2.19 bits per heavy atom. The summed E-state index contributed by atoms with van der Waals surface area (Å²) in [7, 11) is 1.46. The number of nitrogens with zero attached hydrogens (tertiary/aromatic N) is 1. The van der Waals surface area contributed by atoms with E-state index < -0.39 is 18.0 Å². The maximum Gasteiger partial charge on any atom is 0.410 e. The summed E-state index contributed by atoms with van der Waals surface area (Å²) in [5.74, 6) is -1.62. The zero-order valence-corrected chi connectivity index (χ0v) is 21.2. The molecule has 3 aromatic carbocycles. The fourth-order valence-electron chi connectivity index (χ4n) is 4.02. The Hall–Kier alpha value is -4.33. The average Bonchev–Trinajstić information content (AvgIpc) is 2.91. The number of rotatable bonds is 11. The lowest BCUT2D eigenvalue weighted by molar-refractivity contribution is 0.0473. The monoisotopic (exact) mass is 505 g/mol. The molecule has 1 amide bonds. The molecule has 0 spiro atoms. The van der Waals surface area contributed by atoms with Crippen LogP contribution in [-0.4, -0.2) is 54.8 Å². The van der Waals surface area contributed by atoms with Gasteiger partial charge in [0.15, 0.2) is 0 Å². The highest BCUT2D eigenvalue weighted by atomic mass is 16.6. The van der Waals surface area contributed by atoms with Crippen LogP contribution in [0.1, 0.15) is 45.2 Å². The van der Waals surface area contributed by atoms with E-state index in [1.54, 1.807) is 6.92 Å². The summed E-state index contributed by atoms with van der Waals surface area (Å²) >= 11 is 0. The minimum Gasteiger partial charge on any atom is -0.496 e. The molecule has 0 bridgehead atoms. The van der Waals surface area contributed by atoms with Crippen molar-refractivity contribution < 1.29 is 33.7 Å². The van der Waals surface area contributed by atoms with E-state index in [1.807, 2.05) is 67.6 Å². The summed E-state index contributed by atoms with van der Waals surface area (Å²) in [6.07, 6.45) is -0.0903. The van der Waals surface area contributed by atoms with Crippen molar-refractivity contribution in [2.75, 3.05) is 26.8 Å². The Kier molecular flexibility index (Phi) is 9.66. The van der Waals surface area contributed by atoms with Gasteiger partial charge in [-0.2, -0.15) is 0 Å². The Morgan fingerprint density at radius 2 is 1.59 bits per heavy atom. The fourth-order valence-corrected chi connectivity index (χ4v) is 4.02. The van der Waals surface area contributed by atoms with E-state index in [-0.39, 0.29) is 24.3 Å². The Bertz CT molecular complexity index is 1230. The number of methoxy groups -OCH3 is 1. The fraction of sp³-hybridized carbons (Fsp3) is 0.276. The molecule has 37 heavy (non-hydrogen) atoms. The van der Waals surface area contributed by atoms with E-state index in [9.17, 15) is 19.5 Å². The molecule has 3 rings (SSSR count). The van der Waals surface area contributed by atoms with Crippen molar-refractivity contribution in [3.8, 4) is 16.9 Å². The number of carboxylic acids is 1. The van der Waals surface area contributed by atoms with E-state index in [4.69, 9.17) is 14.2 Å². The maximum atomic E-state index is 13.0. The third-order valence-corrected chi connectivity index (χ3v) is 5.89. The number of aromatic carboxylic acids is 1. The van der Waals surface area contributed by atoms with Crippen LogP contribution in [0.15, 0.2) is 66.7 Å². The van der Waals surface area contributed by atoms with Crippen molar-refractivity contribution in [3.05, 3.63) is 89.0 Å². The summed E-state index contributed by atoms with van der Waals surface area (Å²) in [6.45, 7) is 4.37. The van der Waals surface area contributed by atoms with Crippen LogP contribution >= 0.6 is 0 Å². The van der Waals surface area contributed by atoms with Crippen LogP contribution in [0, 0.1) is 6.92 Å². The summed E-state index contributed by atoms with van der Waals surface area (Å²) in [6, 6.07) is 20.1. The van der Waals surface area contributed by atoms with Gasteiger partial charge in [-0.25, -0.2) is 14.4 Å². The number of ether oxygens (including phenoxy) is 3. The van der Waals surface area contributed by atoms with E-state index >= 15 is 0 Å². The van der Waals surface area contributed by atoms with Gasteiger partial charge in [-0.05, 0) is 37.5 Å². The quantitative estimate of drug-likeness (QED) is 0.268. The molecule has 0 heterocycles. The highest BCUT2D eigenvalue weighted by Crippen LogP contribution is 2.37. The highest BCUT2D eigenvalue weighted by molar-refractivity contribution is 6.05. The standard InChI is InChI=1S/C29H31NO7/c1-4-30(29(34)37-19-21-12-7-5-8-13-21)16-11-17-36-28(33)24-18-23(22-14-9-6-10-15-22)26(35-3)20(2)25(24)27(31)32/h5-10,12-15,18H,4,11,16-17,19H2,1-3H3,(H,31,32). The first-order valence-corrected chi connectivity index (χ1v) is 12.0. The van der Waals surface area contributed by atoms with Gasteiger partial charge in [0.2, 0.25) is 0 Å². The van der Waals surface area contributed by atoms with Gasteiger partial charge in [0.25, 0.3) is 0 Å². The number of carbonyl (C=O) groups is 3. The zero-order chi connectivity index (χ0) is 26.8. The zero-order valence-electron chi connectivity index (χ0n) is 21.2. The molecule has 0 aliphatic rings. The largest absolute Gasteiger partial charge is 0.496 e.